The molecule has 0 spiro atoms. The van der Waals surface area contributed by atoms with Crippen LogP contribution >= 0.6 is 11.3 Å². The molecule has 5 heteroatoms. The summed E-state index contributed by atoms with van der Waals surface area (Å²) in [7, 11) is 0. The summed E-state index contributed by atoms with van der Waals surface area (Å²) >= 11 is 1.76. The van der Waals surface area contributed by atoms with E-state index in [1.54, 1.807) is 17.7 Å². The summed E-state index contributed by atoms with van der Waals surface area (Å²) in [6.07, 6.45) is 5.36. The van der Waals surface area contributed by atoms with E-state index in [2.05, 4.69) is 40.1 Å². The number of fused-ring (bicyclic) bond motifs is 1. The Morgan fingerprint density at radius 3 is 3.10 bits per heavy atom. The van der Waals surface area contributed by atoms with Gasteiger partial charge in [0.1, 0.15) is 17.0 Å². The third kappa shape index (κ3) is 2.65. The zero-order valence-electron chi connectivity index (χ0n) is 12.2. The van der Waals surface area contributed by atoms with E-state index in [1.807, 2.05) is 0 Å². The molecule has 3 heterocycles. The number of nitrogens with zero attached hydrogens (tertiary/aromatic N) is 3. The fourth-order valence-corrected chi connectivity index (χ4v) is 3.84. The standard InChI is InChI=1S/C15H22N4S/c1-3-7-19(12-5-4-6-16-9-12)14-13-8-11(2)20-15(13)18-10-17-14/h8,10,12,16H,3-7,9H2,1-2H3. The minimum absolute atomic E-state index is 0.557. The van der Waals surface area contributed by atoms with Crippen LogP contribution < -0.4 is 10.2 Å². The molecule has 3 rings (SSSR count). The van der Waals surface area contributed by atoms with Crippen molar-refractivity contribution in [1.82, 2.24) is 15.3 Å². The number of anilines is 1. The highest BCUT2D eigenvalue weighted by molar-refractivity contribution is 7.18. The first-order valence-corrected chi connectivity index (χ1v) is 8.29. The number of rotatable bonds is 4. The maximum absolute atomic E-state index is 4.61. The van der Waals surface area contributed by atoms with Crippen LogP contribution in [0.15, 0.2) is 12.4 Å². The summed E-state index contributed by atoms with van der Waals surface area (Å²) in [4.78, 5) is 13.9. The molecule has 108 valence electrons. The number of aryl methyl sites for hydroxylation is 1. The minimum atomic E-state index is 0.557. The Morgan fingerprint density at radius 1 is 1.45 bits per heavy atom. The zero-order valence-corrected chi connectivity index (χ0v) is 13.0. The summed E-state index contributed by atoms with van der Waals surface area (Å²) in [5.41, 5.74) is 0. The highest BCUT2D eigenvalue weighted by Crippen LogP contribution is 2.31. The maximum atomic E-state index is 4.61. The SMILES string of the molecule is CCCN(c1ncnc2sc(C)cc12)C1CCCNC1. The first-order chi connectivity index (χ1) is 9.79. The first-order valence-electron chi connectivity index (χ1n) is 7.48. The van der Waals surface area contributed by atoms with E-state index in [4.69, 9.17) is 0 Å². The van der Waals surface area contributed by atoms with E-state index < -0.39 is 0 Å². The largest absolute Gasteiger partial charge is 0.352 e. The van der Waals surface area contributed by atoms with Gasteiger partial charge in [0.05, 0.1) is 5.39 Å². The minimum Gasteiger partial charge on any atom is -0.352 e. The van der Waals surface area contributed by atoms with E-state index >= 15 is 0 Å². The molecule has 1 fully saturated rings. The molecule has 1 aliphatic heterocycles. The third-order valence-electron chi connectivity index (χ3n) is 3.88. The summed E-state index contributed by atoms with van der Waals surface area (Å²) < 4.78 is 0. The Hall–Kier alpha value is -1.20. The second kappa shape index (κ2) is 6.06. The number of nitrogens with one attached hydrogen (secondary N) is 1. The second-order valence-corrected chi connectivity index (χ2v) is 6.70. The Labute approximate surface area is 124 Å². The Bertz CT molecular complexity index is 574. The number of aromatic nitrogens is 2. The van der Waals surface area contributed by atoms with Gasteiger partial charge < -0.3 is 10.2 Å². The van der Waals surface area contributed by atoms with Gasteiger partial charge >= 0.3 is 0 Å². The van der Waals surface area contributed by atoms with Crippen LogP contribution in [0.2, 0.25) is 0 Å². The van der Waals surface area contributed by atoms with Gasteiger partial charge in [-0.15, -0.1) is 11.3 Å². The van der Waals surface area contributed by atoms with E-state index in [-0.39, 0.29) is 0 Å². The van der Waals surface area contributed by atoms with Gasteiger partial charge in [-0.2, -0.15) is 0 Å². The van der Waals surface area contributed by atoms with Gasteiger partial charge in [0.15, 0.2) is 0 Å². The highest BCUT2D eigenvalue weighted by atomic mass is 32.1. The van der Waals surface area contributed by atoms with Gasteiger partial charge in [-0.05, 0) is 38.8 Å². The van der Waals surface area contributed by atoms with E-state index in [9.17, 15) is 0 Å². The van der Waals surface area contributed by atoms with Gasteiger partial charge in [0.2, 0.25) is 0 Å². The molecule has 1 unspecified atom stereocenters. The third-order valence-corrected chi connectivity index (χ3v) is 4.84. The molecule has 0 aromatic carbocycles. The Balaban J connectivity index is 1.99. The second-order valence-electron chi connectivity index (χ2n) is 5.47. The lowest BCUT2D eigenvalue weighted by Crippen LogP contribution is -2.46. The first kappa shape index (κ1) is 13.8. The molecule has 1 saturated heterocycles. The summed E-state index contributed by atoms with van der Waals surface area (Å²) in [5.74, 6) is 1.12. The van der Waals surface area contributed by atoms with Crippen molar-refractivity contribution in [3.05, 3.63) is 17.3 Å². The molecule has 20 heavy (non-hydrogen) atoms. The number of piperidine rings is 1. The van der Waals surface area contributed by atoms with Gasteiger partial charge in [0.25, 0.3) is 0 Å². The summed E-state index contributed by atoms with van der Waals surface area (Å²) in [6.45, 7) is 7.65. The molecule has 0 aliphatic carbocycles. The molecule has 2 aromatic rings. The smallest absolute Gasteiger partial charge is 0.141 e. The molecule has 0 radical (unpaired) electrons. The van der Waals surface area contributed by atoms with E-state index in [0.717, 1.165) is 36.7 Å². The van der Waals surface area contributed by atoms with Crippen molar-refractivity contribution in [3.63, 3.8) is 0 Å². The van der Waals surface area contributed by atoms with Crippen molar-refractivity contribution in [3.8, 4) is 0 Å². The van der Waals surface area contributed by atoms with Crippen molar-refractivity contribution < 1.29 is 0 Å². The maximum Gasteiger partial charge on any atom is 0.141 e. The fraction of sp³-hybridized carbons (Fsp3) is 0.600. The van der Waals surface area contributed by atoms with Crippen LogP contribution in [0.4, 0.5) is 5.82 Å². The predicted octanol–water partition coefficient (Wildman–Crippen LogP) is 2.97. The van der Waals surface area contributed by atoms with Crippen molar-refractivity contribution in [1.29, 1.82) is 0 Å². The summed E-state index contributed by atoms with van der Waals surface area (Å²) in [6, 6.07) is 2.79. The molecule has 1 N–H and O–H groups in total. The number of thiophene rings is 1. The zero-order chi connectivity index (χ0) is 13.9. The predicted molar refractivity (Wildman–Crippen MR) is 85.7 cm³/mol. The van der Waals surface area contributed by atoms with Gasteiger partial charge in [-0.25, -0.2) is 9.97 Å². The topological polar surface area (TPSA) is 41.1 Å². The summed E-state index contributed by atoms with van der Waals surface area (Å²) in [5, 5.41) is 4.73. The highest BCUT2D eigenvalue weighted by Gasteiger charge is 2.23. The van der Waals surface area contributed by atoms with Crippen LogP contribution in [0.3, 0.4) is 0 Å². The molecule has 0 saturated carbocycles. The van der Waals surface area contributed by atoms with Gasteiger partial charge in [-0.1, -0.05) is 6.92 Å². The van der Waals surface area contributed by atoms with Crippen LogP contribution in [0.5, 0.6) is 0 Å². The van der Waals surface area contributed by atoms with E-state index in [0.29, 0.717) is 6.04 Å². The molecular weight excluding hydrogens is 268 g/mol. The van der Waals surface area contributed by atoms with Crippen molar-refractivity contribution in [2.45, 2.75) is 39.2 Å². The average molecular weight is 290 g/mol. The average Bonchev–Trinajstić information content (AvgIpc) is 2.86. The van der Waals surface area contributed by atoms with Crippen molar-refractivity contribution in [2.75, 3.05) is 24.5 Å². The lowest BCUT2D eigenvalue weighted by molar-refractivity contribution is 0.429. The van der Waals surface area contributed by atoms with Crippen molar-refractivity contribution >= 4 is 27.4 Å². The normalized spacial score (nSPS) is 19.4. The molecule has 4 nitrogen and oxygen atoms in total. The molecule has 0 amide bonds. The Morgan fingerprint density at radius 2 is 2.35 bits per heavy atom. The van der Waals surface area contributed by atoms with Gasteiger partial charge in [-0.3, -0.25) is 0 Å². The molecule has 1 atom stereocenters. The van der Waals surface area contributed by atoms with Crippen LogP contribution in [-0.4, -0.2) is 35.6 Å². The van der Waals surface area contributed by atoms with Crippen LogP contribution in [0, 0.1) is 6.92 Å². The Kier molecular flexibility index (Phi) is 4.17. The molecule has 2 aromatic heterocycles. The monoisotopic (exact) mass is 290 g/mol. The molecular formula is C15H22N4S. The quantitative estimate of drug-likeness (QED) is 0.940. The molecule has 1 aliphatic rings. The van der Waals surface area contributed by atoms with Crippen LogP contribution in [-0.2, 0) is 0 Å². The lowest BCUT2D eigenvalue weighted by atomic mass is 10.1. The van der Waals surface area contributed by atoms with Crippen molar-refractivity contribution in [2.24, 2.45) is 0 Å². The fourth-order valence-electron chi connectivity index (χ4n) is 2.99. The van der Waals surface area contributed by atoms with Gasteiger partial charge in [0, 0.05) is 24.0 Å². The van der Waals surface area contributed by atoms with Crippen LogP contribution in [0.25, 0.3) is 10.2 Å². The lowest BCUT2D eigenvalue weighted by Gasteiger charge is -2.35. The number of hydrogen-bond donors (Lipinski definition) is 1. The molecule has 0 bridgehead atoms. The number of hydrogen-bond acceptors (Lipinski definition) is 5. The van der Waals surface area contributed by atoms with Crippen LogP contribution in [0.1, 0.15) is 31.1 Å². The van der Waals surface area contributed by atoms with E-state index in [1.165, 1.54) is 23.1 Å².